The molecule has 1 aromatic rings. The zero-order valence-electron chi connectivity index (χ0n) is 14.3. The first-order valence-electron chi connectivity index (χ1n) is 8.47. The molecule has 2 fully saturated rings. The largest absolute Gasteiger partial charge is 0.374 e. The molecule has 2 aliphatic heterocycles. The van der Waals surface area contributed by atoms with Crippen molar-refractivity contribution in [1.29, 1.82) is 0 Å². The molecule has 2 saturated heterocycles. The van der Waals surface area contributed by atoms with Crippen molar-refractivity contribution in [2.45, 2.75) is 12.3 Å². The van der Waals surface area contributed by atoms with Crippen molar-refractivity contribution in [2.75, 3.05) is 37.7 Å². The van der Waals surface area contributed by atoms with Gasteiger partial charge in [-0.3, -0.25) is 19.8 Å². The molecule has 3 N–H and O–H groups in total. The van der Waals surface area contributed by atoms with Crippen LogP contribution >= 0.6 is 0 Å². The second kappa shape index (κ2) is 7.85. The van der Waals surface area contributed by atoms with Crippen LogP contribution in [0.2, 0.25) is 0 Å². The van der Waals surface area contributed by atoms with Gasteiger partial charge in [0.25, 0.3) is 5.91 Å². The Hall–Kier alpha value is -1.78. The molecule has 2 heterocycles. The van der Waals surface area contributed by atoms with Crippen molar-refractivity contribution in [1.82, 2.24) is 15.3 Å². The van der Waals surface area contributed by atoms with Crippen LogP contribution in [0, 0.1) is 0 Å². The van der Waals surface area contributed by atoms with Crippen LogP contribution in [0.3, 0.4) is 0 Å². The molecule has 0 spiro atoms. The van der Waals surface area contributed by atoms with Crippen LogP contribution in [0.4, 0.5) is 0 Å². The molecule has 1 unspecified atom stereocenters. The number of amides is 1. The standard InChI is InChI=1S/C17H23N3O5S/c21-16(18-23)6-5-13-3-1-2-4-15(13)17(22)20-11-14(12-20)19-7-9-26(24,25)10-8-19/h1-6,14,17,22-23H,7-12H2,(H,18,21)/b6-5+. The first-order valence-corrected chi connectivity index (χ1v) is 10.3. The quantitative estimate of drug-likeness (QED) is 0.362. The Morgan fingerprint density at radius 3 is 2.54 bits per heavy atom. The van der Waals surface area contributed by atoms with Gasteiger partial charge in [-0.2, -0.15) is 0 Å². The van der Waals surface area contributed by atoms with Gasteiger partial charge in [-0.1, -0.05) is 24.3 Å². The topological polar surface area (TPSA) is 110 Å². The zero-order valence-corrected chi connectivity index (χ0v) is 15.1. The fourth-order valence-electron chi connectivity index (χ4n) is 3.31. The summed E-state index contributed by atoms with van der Waals surface area (Å²) in [5.41, 5.74) is 2.90. The molecule has 3 rings (SSSR count). The minimum Gasteiger partial charge on any atom is -0.374 e. The molecule has 0 bridgehead atoms. The molecule has 26 heavy (non-hydrogen) atoms. The Labute approximate surface area is 152 Å². The third-order valence-corrected chi connectivity index (χ3v) is 6.54. The predicted octanol–water partition coefficient (Wildman–Crippen LogP) is -0.389. The maximum Gasteiger partial charge on any atom is 0.267 e. The summed E-state index contributed by atoms with van der Waals surface area (Å²) in [4.78, 5) is 15.2. The molecule has 1 atom stereocenters. The van der Waals surface area contributed by atoms with Crippen LogP contribution in [-0.2, 0) is 14.6 Å². The van der Waals surface area contributed by atoms with Gasteiger partial charge in [-0.25, -0.2) is 13.9 Å². The van der Waals surface area contributed by atoms with Crippen molar-refractivity contribution in [2.24, 2.45) is 0 Å². The highest BCUT2D eigenvalue weighted by molar-refractivity contribution is 7.91. The zero-order chi connectivity index (χ0) is 18.7. The molecule has 1 amide bonds. The number of sulfone groups is 1. The highest BCUT2D eigenvalue weighted by Gasteiger charge is 2.38. The number of nitrogens with one attached hydrogen (secondary N) is 1. The van der Waals surface area contributed by atoms with E-state index in [-0.39, 0.29) is 17.5 Å². The van der Waals surface area contributed by atoms with Crippen LogP contribution in [0.25, 0.3) is 6.08 Å². The van der Waals surface area contributed by atoms with Gasteiger partial charge >= 0.3 is 0 Å². The van der Waals surface area contributed by atoms with E-state index >= 15 is 0 Å². The number of benzene rings is 1. The molecule has 0 aromatic heterocycles. The monoisotopic (exact) mass is 381 g/mol. The summed E-state index contributed by atoms with van der Waals surface area (Å²) in [5, 5.41) is 19.2. The molecule has 9 heteroatoms. The molecule has 2 aliphatic rings. The number of hydrogen-bond donors (Lipinski definition) is 3. The van der Waals surface area contributed by atoms with E-state index < -0.39 is 22.0 Å². The van der Waals surface area contributed by atoms with Crippen LogP contribution in [0.5, 0.6) is 0 Å². The smallest absolute Gasteiger partial charge is 0.267 e. The van der Waals surface area contributed by atoms with Crippen molar-refractivity contribution in [3.63, 3.8) is 0 Å². The number of likely N-dealkylation sites (tertiary alicyclic amines) is 1. The number of carbonyl (C=O) groups excluding carboxylic acids is 1. The summed E-state index contributed by atoms with van der Waals surface area (Å²) in [6.07, 6.45) is 1.92. The molecule has 0 aliphatic carbocycles. The van der Waals surface area contributed by atoms with Crippen molar-refractivity contribution < 1.29 is 23.5 Å². The summed E-state index contributed by atoms with van der Waals surface area (Å²) < 4.78 is 23.0. The number of carbonyl (C=O) groups is 1. The Morgan fingerprint density at radius 2 is 1.88 bits per heavy atom. The second-order valence-corrected chi connectivity index (χ2v) is 8.91. The van der Waals surface area contributed by atoms with Crippen LogP contribution in [-0.4, -0.2) is 78.2 Å². The Balaban J connectivity index is 1.61. The fourth-order valence-corrected chi connectivity index (χ4v) is 4.54. The first-order chi connectivity index (χ1) is 12.4. The number of aliphatic hydroxyl groups is 1. The van der Waals surface area contributed by atoms with Gasteiger partial charge in [-0.05, 0) is 11.6 Å². The van der Waals surface area contributed by atoms with Gasteiger partial charge in [0, 0.05) is 43.9 Å². The van der Waals surface area contributed by atoms with Gasteiger partial charge in [0.05, 0.1) is 11.5 Å². The average molecular weight is 381 g/mol. The molecular formula is C17H23N3O5S. The minimum absolute atomic E-state index is 0.201. The number of hydroxylamine groups is 1. The minimum atomic E-state index is -2.89. The Kier molecular flexibility index (Phi) is 5.73. The van der Waals surface area contributed by atoms with Gasteiger partial charge in [-0.15, -0.1) is 0 Å². The molecule has 0 saturated carbocycles. The van der Waals surface area contributed by atoms with Crippen LogP contribution in [0.1, 0.15) is 17.4 Å². The summed E-state index contributed by atoms with van der Waals surface area (Å²) in [5.74, 6) is -0.238. The van der Waals surface area contributed by atoms with Crippen molar-refractivity contribution >= 4 is 21.8 Å². The lowest BCUT2D eigenvalue weighted by atomic mass is 10.00. The number of hydrogen-bond acceptors (Lipinski definition) is 7. The van der Waals surface area contributed by atoms with Gasteiger partial charge in [0.2, 0.25) is 0 Å². The van der Waals surface area contributed by atoms with E-state index in [1.54, 1.807) is 18.2 Å². The third-order valence-electron chi connectivity index (χ3n) is 4.93. The lowest BCUT2D eigenvalue weighted by Crippen LogP contribution is -2.62. The molecule has 8 nitrogen and oxygen atoms in total. The normalized spacial score (nSPS) is 22.8. The average Bonchev–Trinajstić information content (AvgIpc) is 2.59. The van der Waals surface area contributed by atoms with Crippen molar-refractivity contribution in [3.8, 4) is 0 Å². The number of nitrogens with zero attached hydrogens (tertiary/aromatic N) is 2. The van der Waals surface area contributed by atoms with Gasteiger partial charge in [0.15, 0.2) is 9.84 Å². The highest BCUT2D eigenvalue weighted by atomic mass is 32.2. The van der Waals surface area contributed by atoms with E-state index in [9.17, 15) is 18.3 Å². The van der Waals surface area contributed by atoms with Gasteiger partial charge in [0.1, 0.15) is 6.23 Å². The summed E-state index contributed by atoms with van der Waals surface area (Å²) in [6, 6.07) is 7.45. The van der Waals surface area contributed by atoms with E-state index in [1.165, 1.54) is 17.6 Å². The summed E-state index contributed by atoms with van der Waals surface area (Å²) >= 11 is 0. The van der Waals surface area contributed by atoms with E-state index in [4.69, 9.17) is 5.21 Å². The SMILES string of the molecule is O=C(/C=C/c1ccccc1C(O)N1CC(N2CCS(=O)(=O)CC2)C1)NO. The fraction of sp³-hybridized carbons (Fsp3) is 0.471. The van der Waals surface area contributed by atoms with E-state index in [1.807, 2.05) is 11.0 Å². The lowest BCUT2D eigenvalue weighted by molar-refractivity contribution is -0.124. The molecule has 1 aromatic carbocycles. The van der Waals surface area contributed by atoms with E-state index in [2.05, 4.69) is 4.90 Å². The Bertz CT molecular complexity index is 775. The highest BCUT2D eigenvalue weighted by Crippen LogP contribution is 2.29. The van der Waals surface area contributed by atoms with Crippen LogP contribution in [0.15, 0.2) is 30.3 Å². The lowest BCUT2D eigenvalue weighted by Gasteiger charge is -2.48. The number of rotatable bonds is 5. The maximum atomic E-state index is 11.5. The second-order valence-electron chi connectivity index (χ2n) is 6.61. The summed E-state index contributed by atoms with van der Waals surface area (Å²) in [7, 11) is -2.89. The van der Waals surface area contributed by atoms with E-state index in [0.29, 0.717) is 37.3 Å². The molecule has 142 valence electrons. The summed E-state index contributed by atoms with van der Waals surface area (Å²) in [6.45, 7) is 2.42. The van der Waals surface area contributed by atoms with Crippen molar-refractivity contribution in [3.05, 3.63) is 41.5 Å². The third kappa shape index (κ3) is 4.30. The Morgan fingerprint density at radius 1 is 1.23 bits per heavy atom. The number of aliphatic hydroxyl groups excluding tert-OH is 1. The maximum absolute atomic E-state index is 11.5. The molecule has 0 radical (unpaired) electrons. The van der Waals surface area contributed by atoms with Crippen LogP contribution < -0.4 is 5.48 Å². The molecular weight excluding hydrogens is 358 g/mol. The van der Waals surface area contributed by atoms with E-state index in [0.717, 1.165) is 0 Å². The first kappa shape index (κ1) is 19.0. The predicted molar refractivity (Wildman–Crippen MR) is 96.0 cm³/mol. The van der Waals surface area contributed by atoms with Gasteiger partial charge < -0.3 is 5.11 Å².